The zero-order valence-electron chi connectivity index (χ0n) is 25.6. The Morgan fingerprint density at radius 3 is 1.67 bits per heavy atom. The largest absolute Gasteiger partial charge is 0.505 e. The number of hydrazine groups is 1. The summed E-state index contributed by atoms with van der Waals surface area (Å²) < 4.78 is 127. The maximum atomic E-state index is 11.5. The minimum absolute atomic E-state index is 0.0732. The zero-order valence-corrected chi connectivity index (χ0v) is 28.9. The molecule has 0 fully saturated rings. The van der Waals surface area contributed by atoms with E-state index in [-0.39, 0.29) is 20.9 Å². The van der Waals surface area contributed by atoms with Crippen molar-refractivity contribution in [3.63, 3.8) is 0 Å². The second-order valence-electron chi connectivity index (χ2n) is 10.4. The number of anilines is 5. The summed E-state index contributed by atoms with van der Waals surface area (Å²) in [5.41, 5.74) is 17.8. The van der Waals surface area contributed by atoms with Gasteiger partial charge in [-0.2, -0.15) is 33.7 Å². The molecule has 5 aromatic carbocycles. The summed E-state index contributed by atoms with van der Waals surface area (Å²) in [6.07, 6.45) is 0. The first kappa shape index (κ1) is 38.5. The molecule has 23 heteroatoms. The van der Waals surface area contributed by atoms with Crippen molar-refractivity contribution < 1.29 is 61.8 Å². The molecule has 51 heavy (non-hydrogen) atoms. The maximum absolute atomic E-state index is 11.5. The van der Waals surface area contributed by atoms with Crippen molar-refractivity contribution in [2.75, 3.05) is 27.6 Å². The molecule has 0 atom stereocenters. The van der Waals surface area contributed by atoms with Crippen LogP contribution in [-0.4, -0.2) is 62.9 Å². The van der Waals surface area contributed by atoms with Crippen LogP contribution in [0.15, 0.2) is 92.4 Å². The van der Waals surface area contributed by atoms with Gasteiger partial charge in [-0.1, -0.05) is 6.07 Å². The van der Waals surface area contributed by atoms with Gasteiger partial charge in [0.05, 0.1) is 37.9 Å². The third-order valence-electron chi connectivity index (χ3n) is 6.92. The van der Waals surface area contributed by atoms with Crippen LogP contribution in [0.5, 0.6) is 5.75 Å². The standard InChI is InChI=1S/C16H15N3O6S2.C12H12N2O8S2/c17-15-7-8-16(13-6-5-12(9-14(13)15)27(23,24)25)19-18-10-1-3-11(4-2-10)26(20,21)22;1-5(15)14-7-2-3-8(23(17,18)19)6-4-9(24(20,21)22)11(13)12(16)10(6)7/h1-9,18-19H,17H2,(H,20,21,22)(H,23,24,25);2-4,16H,13H2,1H3,(H,14,15)(H,17,18,19)(H,20,21,22). The number of rotatable bonds is 8. The molecule has 0 heterocycles. The lowest BCUT2D eigenvalue weighted by molar-refractivity contribution is -0.114. The normalized spacial score (nSPS) is 12.2. The lowest BCUT2D eigenvalue weighted by Crippen LogP contribution is -2.09. The van der Waals surface area contributed by atoms with Crippen molar-refractivity contribution in [1.29, 1.82) is 0 Å². The molecule has 0 bridgehead atoms. The Balaban J connectivity index is 0.000000230. The van der Waals surface area contributed by atoms with Crippen molar-refractivity contribution in [2.24, 2.45) is 0 Å². The van der Waals surface area contributed by atoms with Crippen LogP contribution >= 0.6 is 0 Å². The van der Waals surface area contributed by atoms with Crippen molar-refractivity contribution in [2.45, 2.75) is 26.5 Å². The van der Waals surface area contributed by atoms with Gasteiger partial charge in [-0.05, 0) is 66.7 Å². The average Bonchev–Trinajstić information content (AvgIpc) is 3.00. The predicted octanol–water partition coefficient (Wildman–Crippen LogP) is 2.93. The molecule has 0 unspecified atom stereocenters. The fourth-order valence-corrected chi connectivity index (χ4v) is 6.97. The van der Waals surface area contributed by atoms with E-state index in [1.165, 1.54) is 42.5 Å². The second-order valence-corrected chi connectivity index (χ2v) is 16.1. The molecule has 19 nitrogen and oxygen atoms in total. The second kappa shape index (κ2) is 13.8. The van der Waals surface area contributed by atoms with Crippen molar-refractivity contribution >= 4 is 96.4 Å². The van der Waals surface area contributed by atoms with Crippen LogP contribution in [0.1, 0.15) is 6.92 Å². The van der Waals surface area contributed by atoms with Gasteiger partial charge in [0.15, 0.2) is 0 Å². The van der Waals surface area contributed by atoms with Crippen LogP contribution in [0, 0.1) is 0 Å². The topological polar surface area (TPSA) is 343 Å². The fraction of sp³-hybridized carbons (Fsp3) is 0.0357. The minimum Gasteiger partial charge on any atom is -0.505 e. The van der Waals surface area contributed by atoms with E-state index in [0.717, 1.165) is 19.1 Å². The molecule has 0 aliphatic heterocycles. The minimum atomic E-state index is -4.89. The number of phenolic OH excluding ortho intramolecular Hbond substituents is 1. The van der Waals surface area contributed by atoms with Gasteiger partial charge in [-0.25, -0.2) is 0 Å². The van der Waals surface area contributed by atoms with E-state index >= 15 is 0 Å². The molecule has 0 radical (unpaired) electrons. The predicted molar refractivity (Wildman–Crippen MR) is 186 cm³/mol. The number of nitrogens with two attached hydrogens (primary N) is 2. The van der Waals surface area contributed by atoms with Gasteiger partial charge in [0.2, 0.25) is 5.91 Å². The Bertz CT molecular complexity index is 2670. The Kier molecular flexibility index (Phi) is 10.4. The Labute approximate surface area is 289 Å². The van der Waals surface area contributed by atoms with Gasteiger partial charge in [0, 0.05) is 28.8 Å². The first-order chi connectivity index (χ1) is 23.4. The fourth-order valence-electron chi connectivity index (χ4n) is 4.66. The highest BCUT2D eigenvalue weighted by molar-refractivity contribution is 7.86. The van der Waals surface area contributed by atoms with E-state index in [0.29, 0.717) is 33.9 Å². The number of carbonyl (C=O) groups is 1. The summed E-state index contributed by atoms with van der Waals surface area (Å²) >= 11 is 0. The van der Waals surface area contributed by atoms with Crippen molar-refractivity contribution in [1.82, 2.24) is 0 Å². The molecule has 0 saturated heterocycles. The SMILES string of the molecule is CC(=O)Nc1ccc(S(=O)(=O)O)c2cc(S(=O)(=O)O)c(N)c(O)c12.Nc1ccc(NNc2ccc(S(=O)(=O)O)cc2)c2ccc(S(=O)(=O)O)cc12. The van der Waals surface area contributed by atoms with E-state index in [2.05, 4.69) is 16.2 Å². The Hall–Kier alpha value is -5.27. The maximum Gasteiger partial charge on any atom is 0.296 e. The molecule has 0 aliphatic rings. The molecule has 0 aromatic heterocycles. The molecular formula is C28H27N5O14S4. The van der Waals surface area contributed by atoms with E-state index in [4.69, 9.17) is 20.6 Å². The highest BCUT2D eigenvalue weighted by Gasteiger charge is 2.26. The van der Waals surface area contributed by atoms with Gasteiger partial charge in [0.1, 0.15) is 15.5 Å². The number of benzene rings is 5. The number of hydrogen-bond acceptors (Lipinski definition) is 14. The number of carbonyl (C=O) groups excluding carboxylic acids is 1. The summed E-state index contributed by atoms with van der Waals surface area (Å²) in [5, 5.41) is 12.7. The van der Waals surface area contributed by atoms with Crippen molar-refractivity contribution in [3.8, 4) is 5.75 Å². The molecule has 5 aromatic rings. The highest BCUT2D eigenvalue weighted by Crippen LogP contribution is 2.42. The van der Waals surface area contributed by atoms with Crippen LogP contribution in [0.4, 0.5) is 28.4 Å². The van der Waals surface area contributed by atoms with Crippen LogP contribution in [0.2, 0.25) is 0 Å². The highest BCUT2D eigenvalue weighted by atomic mass is 32.2. The summed E-state index contributed by atoms with van der Waals surface area (Å²) in [6.45, 7) is 1.15. The summed E-state index contributed by atoms with van der Waals surface area (Å²) in [5.74, 6) is -1.44. The van der Waals surface area contributed by atoms with Crippen LogP contribution in [-0.2, 0) is 45.3 Å². The van der Waals surface area contributed by atoms with Crippen LogP contribution in [0.25, 0.3) is 21.5 Å². The molecule has 0 saturated carbocycles. The summed E-state index contributed by atoms with van der Waals surface area (Å²) in [7, 11) is -18.3. The third-order valence-corrected chi connectivity index (χ3v) is 10.4. The number of amides is 1. The zero-order chi connectivity index (χ0) is 38.3. The molecule has 5 rings (SSSR count). The summed E-state index contributed by atoms with van der Waals surface area (Å²) in [6, 6.07) is 15.3. The lowest BCUT2D eigenvalue weighted by Gasteiger charge is -2.15. The number of aromatic hydroxyl groups is 1. The van der Waals surface area contributed by atoms with Gasteiger partial charge >= 0.3 is 0 Å². The van der Waals surface area contributed by atoms with Gasteiger partial charge < -0.3 is 32.7 Å². The van der Waals surface area contributed by atoms with Crippen LogP contribution in [0.3, 0.4) is 0 Å². The van der Waals surface area contributed by atoms with E-state index in [1.54, 1.807) is 12.1 Å². The van der Waals surface area contributed by atoms with E-state index in [1.807, 2.05) is 0 Å². The number of nitrogen functional groups attached to an aromatic ring is 2. The molecule has 12 N–H and O–H groups in total. The number of hydrogen-bond donors (Lipinski definition) is 10. The van der Waals surface area contributed by atoms with Gasteiger partial charge in [-0.15, -0.1) is 0 Å². The number of phenols is 1. The number of nitrogens with one attached hydrogen (secondary N) is 3. The number of fused-ring (bicyclic) bond motifs is 2. The van der Waals surface area contributed by atoms with Gasteiger partial charge in [0.25, 0.3) is 40.5 Å². The molecule has 0 aliphatic carbocycles. The summed E-state index contributed by atoms with van der Waals surface area (Å²) in [4.78, 5) is 9.04. The monoisotopic (exact) mass is 785 g/mol. The van der Waals surface area contributed by atoms with E-state index in [9.17, 15) is 52.7 Å². The smallest absolute Gasteiger partial charge is 0.296 e. The van der Waals surface area contributed by atoms with Gasteiger partial charge in [-0.3, -0.25) is 23.0 Å². The molecule has 272 valence electrons. The first-order valence-electron chi connectivity index (χ1n) is 13.6. The van der Waals surface area contributed by atoms with E-state index < -0.39 is 73.0 Å². The van der Waals surface area contributed by atoms with Crippen molar-refractivity contribution in [3.05, 3.63) is 72.8 Å². The Morgan fingerprint density at radius 1 is 0.588 bits per heavy atom. The average molecular weight is 786 g/mol. The molecule has 0 spiro atoms. The quantitative estimate of drug-likeness (QED) is 0.0468. The molecule has 1 amide bonds. The third kappa shape index (κ3) is 8.73. The Morgan fingerprint density at radius 2 is 1.14 bits per heavy atom. The van der Waals surface area contributed by atoms with Crippen LogP contribution < -0.4 is 27.6 Å². The lowest BCUT2D eigenvalue weighted by atomic mass is 10.1. The first-order valence-corrected chi connectivity index (χ1v) is 19.4. The molecular weight excluding hydrogens is 759 g/mol.